The fourth-order valence-corrected chi connectivity index (χ4v) is 3.45. The fraction of sp³-hybridized carbons (Fsp3) is 0.190. The van der Waals surface area contributed by atoms with Crippen LogP contribution in [0.4, 0.5) is 9.52 Å². The van der Waals surface area contributed by atoms with Gasteiger partial charge in [-0.3, -0.25) is 9.59 Å². The molecular formula is C21H20FN3O2S. The minimum absolute atomic E-state index is 0.201. The highest BCUT2D eigenvalue weighted by atomic mass is 32.1. The third kappa shape index (κ3) is 4.61. The van der Waals surface area contributed by atoms with Gasteiger partial charge in [-0.15, -0.1) is 11.3 Å². The number of anilines is 1. The highest BCUT2D eigenvalue weighted by Gasteiger charge is 2.12. The molecule has 28 heavy (non-hydrogen) atoms. The van der Waals surface area contributed by atoms with E-state index in [0.717, 1.165) is 16.8 Å². The molecule has 2 amide bonds. The fourth-order valence-electron chi connectivity index (χ4n) is 2.72. The Morgan fingerprint density at radius 1 is 1.04 bits per heavy atom. The number of carbonyl (C=O) groups is 2. The number of aromatic nitrogens is 1. The number of nitrogens with one attached hydrogen (secondary N) is 2. The molecule has 1 aromatic heterocycles. The summed E-state index contributed by atoms with van der Waals surface area (Å²) in [6, 6.07) is 9.33. The smallest absolute Gasteiger partial charge is 0.251 e. The van der Waals surface area contributed by atoms with Crippen molar-refractivity contribution < 1.29 is 14.0 Å². The number of halogens is 1. The van der Waals surface area contributed by atoms with E-state index in [0.29, 0.717) is 5.13 Å². The molecule has 0 aliphatic rings. The van der Waals surface area contributed by atoms with Gasteiger partial charge in [-0.05, 0) is 67.8 Å². The number of hydrogen-bond acceptors (Lipinski definition) is 4. The van der Waals surface area contributed by atoms with Crippen molar-refractivity contribution in [2.45, 2.75) is 20.8 Å². The molecule has 0 bridgehead atoms. The Morgan fingerprint density at radius 3 is 2.43 bits per heavy atom. The summed E-state index contributed by atoms with van der Waals surface area (Å²) in [6.07, 6.45) is 0. The molecule has 2 N–H and O–H groups in total. The second-order valence-electron chi connectivity index (χ2n) is 6.53. The zero-order chi connectivity index (χ0) is 20.3. The standard InChI is InChI=1S/C21H20FN3O2S/c1-12-8-14(3)17(9-13(12)2)18-11-28-21(24-18)25-19(26)10-23-20(27)15-4-6-16(22)7-5-15/h4-9,11H,10H2,1-3H3,(H,23,27)(H,24,25,26). The van der Waals surface area contributed by atoms with Crippen LogP contribution in [0.1, 0.15) is 27.0 Å². The molecule has 3 rings (SSSR count). The van der Waals surface area contributed by atoms with Gasteiger partial charge in [-0.25, -0.2) is 9.37 Å². The van der Waals surface area contributed by atoms with Crippen LogP contribution in [-0.2, 0) is 4.79 Å². The summed E-state index contributed by atoms with van der Waals surface area (Å²) in [5, 5.41) is 7.55. The molecule has 3 aromatic rings. The number of aryl methyl sites for hydroxylation is 3. The molecule has 5 nitrogen and oxygen atoms in total. The summed E-state index contributed by atoms with van der Waals surface area (Å²) in [7, 11) is 0. The second-order valence-corrected chi connectivity index (χ2v) is 7.39. The number of amides is 2. The minimum Gasteiger partial charge on any atom is -0.343 e. The third-order valence-corrected chi connectivity index (χ3v) is 5.14. The van der Waals surface area contributed by atoms with Gasteiger partial charge in [0.05, 0.1) is 12.2 Å². The number of benzene rings is 2. The van der Waals surface area contributed by atoms with Crippen molar-refractivity contribution in [1.82, 2.24) is 10.3 Å². The van der Waals surface area contributed by atoms with Crippen LogP contribution in [0.3, 0.4) is 0 Å². The maximum atomic E-state index is 12.9. The van der Waals surface area contributed by atoms with Crippen molar-refractivity contribution in [2.75, 3.05) is 11.9 Å². The minimum atomic E-state index is -0.444. The summed E-state index contributed by atoms with van der Waals surface area (Å²) in [6.45, 7) is 5.95. The summed E-state index contributed by atoms with van der Waals surface area (Å²) in [5.74, 6) is -1.25. The van der Waals surface area contributed by atoms with Gasteiger partial charge >= 0.3 is 0 Å². The molecule has 0 aliphatic heterocycles. The van der Waals surface area contributed by atoms with Crippen LogP contribution in [0.5, 0.6) is 0 Å². The van der Waals surface area contributed by atoms with Gasteiger partial charge in [0.25, 0.3) is 5.91 Å². The van der Waals surface area contributed by atoms with E-state index < -0.39 is 11.7 Å². The molecule has 0 radical (unpaired) electrons. The highest BCUT2D eigenvalue weighted by molar-refractivity contribution is 7.14. The average Bonchev–Trinajstić information content (AvgIpc) is 3.11. The lowest BCUT2D eigenvalue weighted by Crippen LogP contribution is -2.32. The van der Waals surface area contributed by atoms with Crippen molar-refractivity contribution >= 4 is 28.3 Å². The maximum absolute atomic E-state index is 12.9. The van der Waals surface area contributed by atoms with Crippen LogP contribution in [0, 0.1) is 26.6 Å². The first-order valence-electron chi connectivity index (χ1n) is 8.71. The number of carbonyl (C=O) groups excluding carboxylic acids is 2. The van der Waals surface area contributed by atoms with E-state index in [9.17, 15) is 14.0 Å². The van der Waals surface area contributed by atoms with Crippen molar-refractivity contribution in [3.8, 4) is 11.3 Å². The molecule has 0 saturated carbocycles. The summed E-state index contributed by atoms with van der Waals surface area (Å²) >= 11 is 1.33. The Morgan fingerprint density at radius 2 is 1.71 bits per heavy atom. The zero-order valence-electron chi connectivity index (χ0n) is 15.8. The highest BCUT2D eigenvalue weighted by Crippen LogP contribution is 2.29. The predicted octanol–water partition coefficient (Wildman–Crippen LogP) is 4.24. The predicted molar refractivity (Wildman–Crippen MR) is 109 cm³/mol. The zero-order valence-corrected chi connectivity index (χ0v) is 16.6. The Kier molecular flexibility index (Phi) is 5.84. The van der Waals surface area contributed by atoms with Crippen LogP contribution in [0.2, 0.25) is 0 Å². The molecule has 7 heteroatoms. The Hall–Kier alpha value is -3.06. The van der Waals surface area contributed by atoms with E-state index in [1.807, 2.05) is 12.3 Å². The maximum Gasteiger partial charge on any atom is 0.251 e. The lowest BCUT2D eigenvalue weighted by atomic mass is 9.99. The number of rotatable bonds is 5. The third-order valence-electron chi connectivity index (χ3n) is 4.38. The first-order chi connectivity index (χ1) is 13.3. The van der Waals surface area contributed by atoms with Crippen LogP contribution in [0.25, 0.3) is 11.3 Å². The molecule has 0 atom stereocenters. The first kappa shape index (κ1) is 19.7. The second kappa shape index (κ2) is 8.31. The normalized spacial score (nSPS) is 10.6. The molecule has 0 aliphatic carbocycles. The molecule has 0 saturated heterocycles. The monoisotopic (exact) mass is 397 g/mol. The van der Waals surface area contributed by atoms with Crippen molar-refractivity contribution in [2.24, 2.45) is 0 Å². The van der Waals surface area contributed by atoms with E-state index in [1.54, 1.807) is 0 Å². The number of nitrogens with zero attached hydrogens (tertiary/aromatic N) is 1. The topological polar surface area (TPSA) is 71.1 Å². The molecular weight excluding hydrogens is 377 g/mol. The van der Waals surface area contributed by atoms with Crippen LogP contribution < -0.4 is 10.6 Å². The largest absolute Gasteiger partial charge is 0.343 e. The van der Waals surface area contributed by atoms with Crippen LogP contribution in [0.15, 0.2) is 41.8 Å². The number of thiazole rings is 1. The Balaban J connectivity index is 1.60. The molecule has 0 fully saturated rings. The van der Waals surface area contributed by atoms with Gasteiger partial charge in [0.15, 0.2) is 5.13 Å². The van der Waals surface area contributed by atoms with E-state index in [1.165, 1.54) is 46.7 Å². The lowest BCUT2D eigenvalue weighted by molar-refractivity contribution is -0.115. The van der Waals surface area contributed by atoms with Gasteiger partial charge in [-0.1, -0.05) is 6.07 Å². The Labute approximate surface area is 166 Å². The van der Waals surface area contributed by atoms with Crippen molar-refractivity contribution in [3.63, 3.8) is 0 Å². The van der Waals surface area contributed by atoms with Gasteiger partial charge < -0.3 is 10.6 Å². The van der Waals surface area contributed by atoms with Crippen molar-refractivity contribution in [3.05, 3.63) is 69.8 Å². The number of hydrogen-bond donors (Lipinski definition) is 2. The molecule has 2 aromatic carbocycles. The van der Waals surface area contributed by atoms with Gasteiger partial charge in [0.2, 0.25) is 5.91 Å². The quantitative estimate of drug-likeness (QED) is 0.676. The lowest BCUT2D eigenvalue weighted by Gasteiger charge is -2.07. The summed E-state index contributed by atoms with van der Waals surface area (Å²) in [5.41, 5.74) is 5.65. The molecule has 0 unspecified atom stereocenters. The van der Waals surface area contributed by atoms with Gasteiger partial charge in [0, 0.05) is 16.5 Å². The van der Waals surface area contributed by atoms with Crippen LogP contribution >= 0.6 is 11.3 Å². The van der Waals surface area contributed by atoms with E-state index >= 15 is 0 Å². The average molecular weight is 397 g/mol. The molecule has 1 heterocycles. The van der Waals surface area contributed by atoms with E-state index in [2.05, 4.69) is 41.6 Å². The van der Waals surface area contributed by atoms with Crippen molar-refractivity contribution in [1.29, 1.82) is 0 Å². The molecule has 0 spiro atoms. The van der Waals surface area contributed by atoms with Gasteiger partial charge in [-0.2, -0.15) is 0 Å². The SMILES string of the molecule is Cc1cc(C)c(-c2csc(NC(=O)CNC(=O)c3ccc(F)cc3)n2)cc1C. The summed E-state index contributed by atoms with van der Waals surface area (Å²) in [4.78, 5) is 28.5. The van der Waals surface area contributed by atoms with Crippen LogP contribution in [-0.4, -0.2) is 23.3 Å². The van der Waals surface area contributed by atoms with E-state index in [-0.39, 0.29) is 18.0 Å². The summed E-state index contributed by atoms with van der Waals surface area (Å²) < 4.78 is 12.9. The van der Waals surface area contributed by atoms with E-state index in [4.69, 9.17) is 0 Å². The first-order valence-corrected chi connectivity index (χ1v) is 9.59. The van der Waals surface area contributed by atoms with Gasteiger partial charge in [0.1, 0.15) is 5.82 Å². The Bertz CT molecular complexity index is 1030. The molecule has 144 valence electrons.